The fraction of sp³-hybridized carbons (Fsp3) is 0.565. The summed E-state index contributed by atoms with van der Waals surface area (Å²) >= 11 is 0. The third-order valence-corrected chi connectivity index (χ3v) is 6.21. The van der Waals surface area contributed by atoms with Crippen LogP contribution in [-0.4, -0.2) is 63.2 Å². The molecule has 0 aliphatic carbocycles. The number of ether oxygens (including phenoxy) is 1. The van der Waals surface area contributed by atoms with Gasteiger partial charge >= 0.3 is 11.8 Å². The highest BCUT2D eigenvalue weighted by Gasteiger charge is 2.33. The Hall–Kier alpha value is -3.30. The second-order valence-corrected chi connectivity index (χ2v) is 9.82. The first kappa shape index (κ1) is 22.9. The Morgan fingerprint density at radius 2 is 1.85 bits per heavy atom. The number of aromatic nitrogens is 2. The molecule has 10 nitrogen and oxygen atoms in total. The maximum atomic E-state index is 13.0. The van der Waals surface area contributed by atoms with Gasteiger partial charge < -0.3 is 14.5 Å². The number of piperazine rings is 1. The van der Waals surface area contributed by atoms with Crippen LogP contribution in [0.1, 0.15) is 46.6 Å². The Kier molecular flexibility index (Phi) is 5.71. The van der Waals surface area contributed by atoms with E-state index < -0.39 is 17.6 Å². The number of imide groups is 1. The Labute approximate surface area is 192 Å². The molecule has 1 unspecified atom stereocenters. The molecular weight excluding hydrogens is 426 g/mol. The van der Waals surface area contributed by atoms with E-state index in [2.05, 4.69) is 10.2 Å². The lowest BCUT2D eigenvalue weighted by molar-refractivity contribution is -0.135. The van der Waals surface area contributed by atoms with Gasteiger partial charge in [0.25, 0.3) is 0 Å². The number of amides is 3. The number of anilines is 1. The lowest BCUT2D eigenvalue weighted by Crippen LogP contribution is -2.54. The van der Waals surface area contributed by atoms with Crippen LogP contribution in [-0.2, 0) is 21.4 Å². The first-order valence-corrected chi connectivity index (χ1v) is 11.3. The van der Waals surface area contributed by atoms with Crippen LogP contribution < -0.4 is 15.9 Å². The van der Waals surface area contributed by atoms with Gasteiger partial charge in [0.15, 0.2) is 0 Å². The van der Waals surface area contributed by atoms with E-state index in [-0.39, 0.29) is 30.2 Å². The highest BCUT2D eigenvalue weighted by molar-refractivity contribution is 6.00. The molecule has 2 aliphatic heterocycles. The minimum Gasteiger partial charge on any atom is -0.444 e. The van der Waals surface area contributed by atoms with Gasteiger partial charge in [-0.2, -0.15) is 0 Å². The summed E-state index contributed by atoms with van der Waals surface area (Å²) in [5.74, 6) is -0.761. The van der Waals surface area contributed by atoms with E-state index in [9.17, 15) is 19.2 Å². The molecule has 10 heteroatoms. The van der Waals surface area contributed by atoms with Crippen molar-refractivity contribution in [1.29, 1.82) is 0 Å². The van der Waals surface area contributed by atoms with Crippen molar-refractivity contribution in [2.75, 3.05) is 24.5 Å². The van der Waals surface area contributed by atoms with E-state index in [1.165, 1.54) is 9.13 Å². The molecule has 0 spiro atoms. The number of imidazole rings is 1. The highest BCUT2D eigenvalue weighted by atomic mass is 16.6. The van der Waals surface area contributed by atoms with E-state index in [4.69, 9.17) is 4.74 Å². The van der Waals surface area contributed by atoms with Gasteiger partial charge in [0.1, 0.15) is 11.6 Å². The summed E-state index contributed by atoms with van der Waals surface area (Å²) in [6.07, 6.45) is 0.194. The quantitative estimate of drug-likeness (QED) is 0.689. The number of aryl methyl sites for hydroxylation is 1. The van der Waals surface area contributed by atoms with Crippen LogP contribution in [0.25, 0.3) is 11.0 Å². The zero-order chi connectivity index (χ0) is 24.1. The molecule has 1 aromatic carbocycles. The topological polar surface area (TPSA) is 106 Å². The number of carbonyl (C=O) groups is 3. The lowest BCUT2D eigenvalue weighted by Gasteiger charge is -2.41. The zero-order valence-electron chi connectivity index (χ0n) is 19.8. The second kappa shape index (κ2) is 8.24. The van der Waals surface area contributed by atoms with Crippen molar-refractivity contribution in [2.45, 2.75) is 58.2 Å². The van der Waals surface area contributed by atoms with Gasteiger partial charge in [-0.05, 0) is 52.3 Å². The van der Waals surface area contributed by atoms with E-state index in [1.54, 1.807) is 11.9 Å². The van der Waals surface area contributed by atoms with Crippen LogP contribution in [0.2, 0.25) is 0 Å². The average molecular weight is 458 g/mol. The summed E-state index contributed by atoms with van der Waals surface area (Å²) in [6.45, 7) is 9.31. The molecule has 3 amide bonds. The number of hydrogen-bond acceptors (Lipinski definition) is 6. The van der Waals surface area contributed by atoms with Gasteiger partial charge in [0.2, 0.25) is 11.8 Å². The first-order valence-electron chi connectivity index (χ1n) is 11.3. The fourth-order valence-electron chi connectivity index (χ4n) is 4.59. The standard InChI is InChI=1S/C23H31N5O5/c1-14-13-26(22(32)33-23(2,3)4)10-11-27(14)15-6-7-16-18(12-15)25(5)21(31)28(16)17-8-9-19(29)24-20(17)30/h6-7,12,14,17H,8-11,13H2,1-5H3,(H,24,29,30)/t14-,17?/m0/s1. The molecule has 2 aliphatic rings. The van der Waals surface area contributed by atoms with Crippen LogP contribution in [0.4, 0.5) is 10.5 Å². The third-order valence-electron chi connectivity index (χ3n) is 6.21. The Morgan fingerprint density at radius 1 is 1.12 bits per heavy atom. The van der Waals surface area contributed by atoms with Crippen molar-refractivity contribution >= 4 is 34.6 Å². The molecule has 1 aromatic heterocycles. The number of fused-ring (bicyclic) bond motifs is 1. The maximum Gasteiger partial charge on any atom is 0.410 e. The van der Waals surface area contributed by atoms with E-state index in [0.717, 1.165) is 5.69 Å². The van der Waals surface area contributed by atoms with Gasteiger partial charge in [-0.25, -0.2) is 9.59 Å². The molecule has 2 aromatic rings. The molecule has 178 valence electrons. The molecule has 0 radical (unpaired) electrons. The molecule has 33 heavy (non-hydrogen) atoms. The number of nitrogens with one attached hydrogen (secondary N) is 1. The van der Waals surface area contributed by atoms with Crippen LogP contribution in [0.15, 0.2) is 23.0 Å². The third kappa shape index (κ3) is 4.34. The molecule has 1 N–H and O–H groups in total. The van der Waals surface area contributed by atoms with Crippen molar-refractivity contribution < 1.29 is 19.1 Å². The molecular formula is C23H31N5O5. The zero-order valence-corrected chi connectivity index (χ0v) is 19.8. The average Bonchev–Trinajstić information content (AvgIpc) is 2.97. The fourth-order valence-corrected chi connectivity index (χ4v) is 4.59. The molecule has 2 atom stereocenters. The van der Waals surface area contributed by atoms with Crippen LogP contribution >= 0.6 is 0 Å². The number of rotatable bonds is 2. The lowest BCUT2D eigenvalue weighted by atomic mass is 10.1. The van der Waals surface area contributed by atoms with Gasteiger partial charge in [-0.3, -0.25) is 24.0 Å². The van der Waals surface area contributed by atoms with E-state index >= 15 is 0 Å². The number of nitrogens with zero attached hydrogens (tertiary/aromatic N) is 4. The summed E-state index contributed by atoms with van der Waals surface area (Å²) in [6, 6.07) is 5.07. The molecule has 3 heterocycles. The SMILES string of the molecule is C[C@H]1CN(C(=O)OC(C)(C)C)CCN1c1ccc2c(c1)n(C)c(=O)n2C1CCC(=O)NC1=O. The normalized spacial score (nSPS) is 22.0. The smallest absolute Gasteiger partial charge is 0.410 e. The van der Waals surface area contributed by atoms with Crippen molar-refractivity contribution in [2.24, 2.45) is 7.05 Å². The van der Waals surface area contributed by atoms with Gasteiger partial charge in [0.05, 0.1) is 11.0 Å². The van der Waals surface area contributed by atoms with Crippen LogP contribution in [0.3, 0.4) is 0 Å². The summed E-state index contributed by atoms with van der Waals surface area (Å²) in [5, 5.41) is 2.33. The number of benzene rings is 1. The predicted molar refractivity (Wildman–Crippen MR) is 123 cm³/mol. The number of piperidine rings is 1. The molecule has 0 saturated carbocycles. The minimum atomic E-state index is -0.707. The minimum absolute atomic E-state index is 0.0537. The number of hydrogen-bond donors (Lipinski definition) is 1. The first-order chi connectivity index (χ1) is 15.5. The van der Waals surface area contributed by atoms with E-state index in [0.29, 0.717) is 37.1 Å². The van der Waals surface area contributed by atoms with Gasteiger partial charge in [-0.1, -0.05) is 0 Å². The summed E-state index contributed by atoms with van der Waals surface area (Å²) < 4.78 is 8.51. The van der Waals surface area contributed by atoms with Crippen LogP contribution in [0.5, 0.6) is 0 Å². The molecule has 2 saturated heterocycles. The Balaban J connectivity index is 1.59. The largest absolute Gasteiger partial charge is 0.444 e. The summed E-state index contributed by atoms with van der Waals surface area (Å²) in [7, 11) is 1.68. The monoisotopic (exact) mass is 457 g/mol. The predicted octanol–water partition coefficient (Wildman–Crippen LogP) is 1.76. The highest BCUT2D eigenvalue weighted by Crippen LogP contribution is 2.28. The van der Waals surface area contributed by atoms with Gasteiger partial charge in [-0.15, -0.1) is 0 Å². The molecule has 0 bridgehead atoms. The van der Waals surface area contributed by atoms with Crippen LogP contribution in [0, 0.1) is 0 Å². The van der Waals surface area contributed by atoms with E-state index in [1.807, 2.05) is 45.9 Å². The maximum absolute atomic E-state index is 13.0. The summed E-state index contributed by atoms with van der Waals surface area (Å²) in [4.78, 5) is 53.3. The molecule has 4 rings (SSSR count). The Bertz CT molecular complexity index is 1170. The van der Waals surface area contributed by atoms with Crippen molar-refractivity contribution in [1.82, 2.24) is 19.4 Å². The summed E-state index contributed by atoms with van der Waals surface area (Å²) in [5.41, 5.74) is 1.47. The number of carbonyl (C=O) groups excluding carboxylic acids is 3. The molecule has 2 fully saturated rings. The Morgan fingerprint density at radius 3 is 2.48 bits per heavy atom. The van der Waals surface area contributed by atoms with Crippen molar-refractivity contribution in [3.8, 4) is 0 Å². The van der Waals surface area contributed by atoms with Crippen molar-refractivity contribution in [3.05, 3.63) is 28.7 Å². The van der Waals surface area contributed by atoms with Crippen molar-refractivity contribution in [3.63, 3.8) is 0 Å². The van der Waals surface area contributed by atoms with Gasteiger partial charge in [0, 0.05) is 44.8 Å². The second-order valence-electron chi connectivity index (χ2n) is 9.82.